The summed E-state index contributed by atoms with van der Waals surface area (Å²) >= 11 is 12.1. The van der Waals surface area contributed by atoms with Crippen LogP contribution in [0.5, 0.6) is 0 Å². The molecule has 3 aromatic rings. The SMILES string of the molecule is CNCc1cccc2ccn(Cc3ccc(Cl)c(Cl)c3)c12. The number of fused-ring (bicyclic) bond motifs is 1. The maximum Gasteiger partial charge on any atom is 0.0595 e. The van der Waals surface area contributed by atoms with Gasteiger partial charge in [-0.3, -0.25) is 0 Å². The number of benzene rings is 2. The Bertz CT molecular complexity index is 778. The van der Waals surface area contributed by atoms with Gasteiger partial charge in [-0.15, -0.1) is 0 Å². The van der Waals surface area contributed by atoms with Crippen LogP contribution in [0.15, 0.2) is 48.7 Å². The minimum Gasteiger partial charge on any atom is -0.343 e. The largest absolute Gasteiger partial charge is 0.343 e. The molecule has 0 fully saturated rings. The van der Waals surface area contributed by atoms with E-state index in [0.29, 0.717) is 10.0 Å². The second kappa shape index (κ2) is 6.10. The molecule has 0 saturated heterocycles. The first-order valence-corrected chi connectivity index (χ1v) is 7.60. The Kier molecular flexibility index (Phi) is 4.20. The quantitative estimate of drug-likeness (QED) is 0.736. The first-order chi connectivity index (χ1) is 10.2. The molecule has 0 saturated carbocycles. The molecule has 0 radical (unpaired) electrons. The molecule has 2 nitrogen and oxygen atoms in total. The molecule has 21 heavy (non-hydrogen) atoms. The van der Waals surface area contributed by atoms with Gasteiger partial charge in [0, 0.05) is 19.3 Å². The van der Waals surface area contributed by atoms with E-state index >= 15 is 0 Å². The highest BCUT2D eigenvalue weighted by Crippen LogP contribution is 2.25. The number of para-hydroxylation sites is 1. The van der Waals surface area contributed by atoms with Crippen LogP contribution >= 0.6 is 23.2 Å². The normalized spacial score (nSPS) is 11.2. The van der Waals surface area contributed by atoms with Crippen molar-refractivity contribution < 1.29 is 0 Å². The van der Waals surface area contributed by atoms with Crippen LogP contribution in [0.4, 0.5) is 0 Å². The predicted molar refractivity (Wildman–Crippen MR) is 90.3 cm³/mol. The molecule has 0 spiro atoms. The van der Waals surface area contributed by atoms with Crippen molar-refractivity contribution in [1.29, 1.82) is 0 Å². The third kappa shape index (κ3) is 2.93. The van der Waals surface area contributed by atoms with Crippen molar-refractivity contribution in [1.82, 2.24) is 9.88 Å². The lowest BCUT2D eigenvalue weighted by Gasteiger charge is -2.10. The average Bonchev–Trinajstić information content (AvgIpc) is 2.88. The lowest BCUT2D eigenvalue weighted by atomic mass is 10.1. The molecule has 0 aliphatic rings. The third-order valence-corrected chi connectivity index (χ3v) is 4.32. The molecular formula is C17H16Cl2N2. The maximum absolute atomic E-state index is 6.10. The van der Waals surface area contributed by atoms with E-state index in [2.05, 4.69) is 40.3 Å². The molecule has 1 N–H and O–H groups in total. The number of halogens is 2. The Balaban J connectivity index is 2.02. The van der Waals surface area contributed by atoms with Crippen molar-refractivity contribution in [2.75, 3.05) is 7.05 Å². The number of aromatic nitrogens is 1. The zero-order chi connectivity index (χ0) is 14.8. The van der Waals surface area contributed by atoms with Gasteiger partial charge in [0.15, 0.2) is 0 Å². The van der Waals surface area contributed by atoms with Crippen LogP contribution in [0, 0.1) is 0 Å². The molecule has 0 unspecified atom stereocenters. The molecule has 3 rings (SSSR count). The summed E-state index contributed by atoms with van der Waals surface area (Å²) in [6.45, 7) is 1.63. The molecule has 4 heteroatoms. The summed E-state index contributed by atoms with van der Waals surface area (Å²) in [6, 6.07) is 14.3. The van der Waals surface area contributed by atoms with E-state index < -0.39 is 0 Å². The van der Waals surface area contributed by atoms with Crippen LogP contribution in [0.3, 0.4) is 0 Å². The fourth-order valence-electron chi connectivity index (χ4n) is 2.64. The Labute approximate surface area is 134 Å². The Morgan fingerprint density at radius 1 is 1.05 bits per heavy atom. The number of nitrogens with one attached hydrogen (secondary N) is 1. The number of rotatable bonds is 4. The van der Waals surface area contributed by atoms with Gasteiger partial charge in [0.05, 0.1) is 15.6 Å². The summed E-state index contributed by atoms with van der Waals surface area (Å²) in [6.07, 6.45) is 2.12. The van der Waals surface area contributed by atoms with Crippen molar-refractivity contribution >= 4 is 34.1 Å². The average molecular weight is 319 g/mol. The van der Waals surface area contributed by atoms with Crippen molar-refractivity contribution in [2.45, 2.75) is 13.1 Å². The van der Waals surface area contributed by atoms with Crippen molar-refractivity contribution in [3.8, 4) is 0 Å². The van der Waals surface area contributed by atoms with Gasteiger partial charge in [-0.05, 0) is 41.8 Å². The van der Waals surface area contributed by atoms with E-state index in [4.69, 9.17) is 23.2 Å². The van der Waals surface area contributed by atoms with Crippen molar-refractivity contribution in [3.05, 3.63) is 69.8 Å². The molecule has 0 amide bonds. The van der Waals surface area contributed by atoms with E-state index in [-0.39, 0.29) is 0 Å². The highest BCUT2D eigenvalue weighted by molar-refractivity contribution is 6.42. The van der Waals surface area contributed by atoms with Gasteiger partial charge in [0.25, 0.3) is 0 Å². The molecule has 1 aromatic heterocycles. The minimum absolute atomic E-state index is 0.591. The van der Waals surface area contributed by atoms with Crippen LogP contribution in [-0.2, 0) is 13.1 Å². The van der Waals surface area contributed by atoms with Gasteiger partial charge >= 0.3 is 0 Å². The highest BCUT2D eigenvalue weighted by atomic mass is 35.5. The van der Waals surface area contributed by atoms with Crippen LogP contribution < -0.4 is 5.32 Å². The number of hydrogen-bond donors (Lipinski definition) is 1. The van der Waals surface area contributed by atoms with Crippen LogP contribution in [0.25, 0.3) is 10.9 Å². The zero-order valence-corrected chi connectivity index (χ0v) is 13.2. The summed E-state index contributed by atoms with van der Waals surface area (Å²) in [5.74, 6) is 0. The lowest BCUT2D eigenvalue weighted by molar-refractivity contribution is 0.796. The molecule has 1 heterocycles. The molecule has 2 aromatic carbocycles. The standard InChI is InChI=1S/C17H16Cl2N2/c1-20-10-14-4-2-3-13-7-8-21(17(13)14)11-12-5-6-15(18)16(19)9-12/h2-9,20H,10-11H2,1H3. The van der Waals surface area contributed by atoms with Crippen LogP contribution in [0.2, 0.25) is 10.0 Å². The Morgan fingerprint density at radius 2 is 1.90 bits per heavy atom. The van der Waals surface area contributed by atoms with Crippen LogP contribution in [0.1, 0.15) is 11.1 Å². The van der Waals surface area contributed by atoms with Crippen molar-refractivity contribution in [2.24, 2.45) is 0 Å². The minimum atomic E-state index is 0.591. The van der Waals surface area contributed by atoms with Gasteiger partial charge in [-0.1, -0.05) is 47.5 Å². The molecule has 108 valence electrons. The van der Waals surface area contributed by atoms with Gasteiger partial charge in [0.1, 0.15) is 0 Å². The molecule has 0 bridgehead atoms. The number of hydrogen-bond acceptors (Lipinski definition) is 1. The lowest BCUT2D eigenvalue weighted by Crippen LogP contribution is -2.07. The van der Waals surface area contributed by atoms with E-state index in [1.54, 1.807) is 0 Å². The number of nitrogens with zero attached hydrogens (tertiary/aromatic N) is 1. The topological polar surface area (TPSA) is 17.0 Å². The second-order valence-corrected chi connectivity index (χ2v) is 5.89. The summed E-state index contributed by atoms with van der Waals surface area (Å²) in [5.41, 5.74) is 3.69. The smallest absolute Gasteiger partial charge is 0.0595 e. The van der Waals surface area contributed by atoms with E-state index in [1.807, 2.05) is 25.2 Å². The van der Waals surface area contributed by atoms with Crippen molar-refractivity contribution in [3.63, 3.8) is 0 Å². The monoisotopic (exact) mass is 318 g/mol. The molecular weight excluding hydrogens is 303 g/mol. The fraction of sp³-hybridized carbons (Fsp3) is 0.176. The predicted octanol–water partition coefficient (Wildman–Crippen LogP) is 4.72. The zero-order valence-electron chi connectivity index (χ0n) is 11.7. The Hall–Kier alpha value is -1.48. The first kappa shape index (κ1) is 14.5. The third-order valence-electron chi connectivity index (χ3n) is 3.58. The molecule has 0 aliphatic carbocycles. The first-order valence-electron chi connectivity index (χ1n) is 6.84. The Morgan fingerprint density at radius 3 is 2.67 bits per heavy atom. The second-order valence-electron chi connectivity index (χ2n) is 5.08. The van der Waals surface area contributed by atoms with E-state index in [0.717, 1.165) is 18.7 Å². The maximum atomic E-state index is 6.10. The summed E-state index contributed by atoms with van der Waals surface area (Å²) < 4.78 is 2.25. The van der Waals surface area contributed by atoms with E-state index in [9.17, 15) is 0 Å². The van der Waals surface area contributed by atoms with Gasteiger partial charge in [-0.2, -0.15) is 0 Å². The van der Waals surface area contributed by atoms with Gasteiger partial charge < -0.3 is 9.88 Å². The van der Waals surface area contributed by atoms with Gasteiger partial charge in [-0.25, -0.2) is 0 Å². The fourth-order valence-corrected chi connectivity index (χ4v) is 2.96. The molecule has 0 aliphatic heterocycles. The summed E-state index contributed by atoms with van der Waals surface area (Å²) in [7, 11) is 1.96. The van der Waals surface area contributed by atoms with Gasteiger partial charge in [0.2, 0.25) is 0 Å². The van der Waals surface area contributed by atoms with Crippen LogP contribution in [-0.4, -0.2) is 11.6 Å². The highest BCUT2D eigenvalue weighted by Gasteiger charge is 2.07. The van der Waals surface area contributed by atoms with E-state index in [1.165, 1.54) is 16.5 Å². The molecule has 0 atom stereocenters. The summed E-state index contributed by atoms with van der Waals surface area (Å²) in [5, 5.41) is 5.66. The summed E-state index contributed by atoms with van der Waals surface area (Å²) in [4.78, 5) is 0.